The molecule has 0 bridgehead atoms. The van der Waals surface area contributed by atoms with E-state index < -0.39 is 0 Å². The number of hydrogen-bond acceptors (Lipinski definition) is 3. The number of fused-ring (bicyclic) bond motifs is 1. The summed E-state index contributed by atoms with van der Waals surface area (Å²) >= 11 is 0. The Bertz CT molecular complexity index is 651. The first-order chi connectivity index (χ1) is 8.11. The van der Waals surface area contributed by atoms with Gasteiger partial charge in [0.25, 0.3) is 0 Å². The van der Waals surface area contributed by atoms with Crippen molar-refractivity contribution in [3.05, 3.63) is 35.9 Å². The summed E-state index contributed by atoms with van der Waals surface area (Å²) in [6.07, 6.45) is 0. The van der Waals surface area contributed by atoms with Crippen molar-refractivity contribution in [1.82, 2.24) is 0 Å². The molecule has 3 heteroatoms. The molecule has 0 heterocycles. The number of aliphatic imine (C=N–C) groups is 1. The molecule has 0 fully saturated rings. The van der Waals surface area contributed by atoms with Crippen LogP contribution in [0, 0.1) is 18.3 Å². The highest BCUT2D eigenvalue weighted by Gasteiger charge is 2.03. The average Bonchev–Trinajstić information content (AvgIpc) is 2.32. The Labute approximate surface area is 99.7 Å². The molecule has 1 N–H and O–H groups in total. The smallest absolute Gasteiger partial charge is 0.116 e. The quantitative estimate of drug-likeness (QED) is 0.754. The van der Waals surface area contributed by atoms with Crippen LogP contribution in [0.25, 0.3) is 10.8 Å². The van der Waals surface area contributed by atoms with Crippen LogP contribution < -0.4 is 0 Å². The topological polar surface area (TPSA) is 56.4 Å². The van der Waals surface area contributed by atoms with Gasteiger partial charge < -0.3 is 5.11 Å². The van der Waals surface area contributed by atoms with Crippen LogP contribution >= 0.6 is 0 Å². The van der Waals surface area contributed by atoms with E-state index in [-0.39, 0.29) is 5.75 Å². The Balaban J connectivity index is 2.67. The maximum Gasteiger partial charge on any atom is 0.116 e. The van der Waals surface area contributed by atoms with E-state index in [9.17, 15) is 5.11 Å². The second-order valence-electron chi connectivity index (χ2n) is 3.92. The normalized spacial score (nSPS) is 11.5. The summed E-state index contributed by atoms with van der Waals surface area (Å²) in [5.41, 5.74) is 2.24. The molecule has 0 saturated heterocycles. The summed E-state index contributed by atoms with van der Waals surface area (Å²) in [6, 6.07) is 11.0. The van der Waals surface area contributed by atoms with Gasteiger partial charge in [0.1, 0.15) is 17.5 Å². The largest absolute Gasteiger partial charge is 0.508 e. The third-order valence-corrected chi connectivity index (χ3v) is 2.69. The van der Waals surface area contributed by atoms with Gasteiger partial charge in [-0.05, 0) is 48.4 Å². The molecular formula is C14H12N2O. The predicted octanol–water partition coefficient (Wildman–Crippen LogP) is 3.47. The second kappa shape index (κ2) is 4.26. The van der Waals surface area contributed by atoms with Gasteiger partial charge in [-0.25, -0.2) is 4.99 Å². The van der Waals surface area contributed by atoms with Crippen LogP contribution in [0.2, 0.25) is 0 Å². The summed E-state index contributed by atoms with van der Waals surface area (Å²) < 4.78 is 0. The number of nitrogens with zero attached hydrogens (tertiary/aromatic N) is 2. The lowest BCUT2D eigenvalue weighted by atomic mass is 10.0. The minimum absolute atomic E-state index is 0.251. The lowest BCUT2D eigenvalue weighted by Crippen LogP contribution is -1.85. The van der Waals surface area contributed by atoms with E-state index in [1.165, 1.54) is 0 Å². The van der Waals surface area contributed by atoms with Crippen molar-refractivity contribution in [2.75, 3.05) is 0 Å². The third kappa shape index (κ3) is 2.11. The lowest BCUT2D eigenvalue weighted by molar-refractivity contribution is 0.476. The molecule has 2 rings (SSSR count). The molecule has 3 nitrogen and oxygen atoms in total. The molecule has 0 radical (unpaired) electrons. The Morgan fingerprint density at radius 1 is 1.29 bits per heavy atom. The fourth-order valence-electron chi connectivity index (χ4n) is 1.79. The van der Waals surface area contributed by atoms with Crippen molar-refractivity contribution in [2.45, 2.75) is 13.8 Å². The molecule has 0 unspecified atom stereocenters. The van der Waals surface area contributed by atoms with E-state index in [1.807, 2.05) is 31.2 Å². The van der Waals surface area contributed by atoms with E-state index in [4.69, 9.17) is 5.26 Å². The standard InChI is InChI=1S/C14H12N2O/c1-9(8-15)16-14-6-3-11-7-12(17)4-5-13(11)10(14)2/h3-7,17H,1-2H3. The zero-order chi connectivity index (χ0) is 12.4. The molecule has 0 aliphatic rings. The molecule has 84 valence electrons. The minimum Gasteiger partial charge on any atom is -0.508 e. The summed E-state index contributed by atoms with van der Waals surface area (Å²) in [4.78, 5) is 4.24. The van der Waals surface area contributed by atoms with E-state index >= 15 is 0 Å². The number of aryl methyl sites for hydroxylation is 1. The van der Waals surface area contributed by atoms with Crippen molar-refractivity contribution >= 4 is 22.2 Å². The highest BCUT2D eigenvalue weighted by atomic mass is 16.3. The number of hydrogen-bond donors (Lipinski definition) is 1. The molecular weight excluding hydrogens is 212 g/mol. The Kier molecular flexibility index (Phi) is 2.80. The monoisotopic (exact) mass is 224 g/mol. The van der Waals surface area contributed by atoms with Crippen molar-refractivity contribution in [1.29, 1.82) is 5.26 Å². The highest BCUT2D eigenvalue weighted by molar-refractivity contribution is 5.99. The second-order valence-corrected chi connectivity index (χ2v) is 3.92. The van der Waals surface area contributed by atoms with Crippen LogP contribution in [0.4, 0.5) is 5.69 Å². The number of nitriles is 1. The number of benzene rings is 2. The van der Waals surface area contributed by atoms with E-state index in [0.29, 0.717) is 5.71 Å². The zero-order valence-electron chi connectivity index (χ0n) is 9.73. The van der Waals surface area contributed by atoms with Crippen LogP contribution in [0.5, 0.6) is 5.75 Å². The minimum atomic E-state index is 0.251. The maximum absolute atomic E-state index is 9.40. The first-order valence-corrected chi connectivity index (χ1v) is 5.29. The number of aromatic hydroxyl groups is 1. The fraction of sp³-hybridized carbons (Fsp3) is 0.143. The van der Waals surface area contributed by atoms with E-state index in [1.54, 1.807) is 19.1 Å². The molecule has 0 aliphatic carbocycles. The van der Waals surface area contributed by atoms with E-state index in [2.05, 4.69) is 4.99 Å². The first kappa shape index (κ1) is 11.2. The predicted molar refractivity (Wildman–Crippen MR) is 68.7 cm³/mol. The van der Waals surface area contributed by atoms with Crippen LogP contribution in [-0.4, -0.2) is 10.8 Å². The van der Waals surface area contributed by atoms with Gasteiger partial charge in [-0.2, -0.15) is 5.26 Å². The van der Waals surface area contributed by atoms with Gasteiger partial charge in [0, 0.05) is 0 Å². The van der Waals surface area contributed by atoms with Gasteiger partial charge in [-0.1, -0.05) is 12.1 Å². The van der Waals surface area contributed by atoms with Gasteiger partial charge in [0.15, 0.2) is 0 Å². The molecule has 0 amide bonds. The van der Waals surface area contributed by atoms with Crippen LogP contribution in [0.3, 0.4) is 0 Å². The molecule has 0 saturated carbocycles. The van der Waals surface area contributed by atoms with Gasteiger partial charge in [-0.3, -0.25) is 0 Å². The molecule has 17 heavy (non-hydrogen) atoms. The average molecular weight is 224 g/mol. The fourth-order valence-corrected chi connectivity index (χ4v) is 1.79. The number of phenolic OH excluding ortho intramolecular Hbond substituents is 1. The molecule has 0 aromatic heterocycles. The number of rotatable bonds is 1. The van der Waals surface area contributed by atoms with Gasteiger partial charge in [-0.15, -0.1) is 0 Å². The van der Waals surface area contributed by atoms with Crippen LogP contribution in [0.15, 0.2) is 35.3 Å². The Morgan fingerprint density at radius 3 is 2.76 bits per heavy atom. The summed E-state index contributed by atoms with van der Waals surface area (Å²) in [6.45, 7) is 3.64. The Morgan fingerprint density at radius 2 is 2.06 bits per heavy atom. The molecule has 0 spiro atoms. The van der Waals surface area contributed by atoms with Crippen LogP contribution in [-0.2, 0) is 0 Å². The summed E-state index contributed by atoms with van der Waals surface area (Å²) in [5.74, 6) is 0.251. The van der Waals surface area contributed by atoms with Gasteiger partial charge in [0.05, 0.1) is 5.69 Å². The summed E-state index contributed by atoms with van der Waals surface area (Å²) in [5, 5.41) is 20.1. The maximum atomic E-state index is 9.40. The molecule has 2 aromatic rings. The van der Waals surface area contributed by atoms with Crippen LogP contribution in [0.1, 0.15) is 12.5 Å². The molecule has 2 aromatic carbocycles. The van der Waals surface area contributed by atoms with Gasteiger partial charge in [0.2, 0.25) is 0 Å². The van der Waals surface area contributed by atoms with Crippen molar-refractivity contribution in [3.63, 3.8) is 0 Å². The van der Waals surface area contributed by atoms with Crippen molar-refractivity contribution < 1.29 is 5.11 Å². The van der Waals surface area contributed by atoms with Gasteiger partial charge >= 0.3 is 0 Å². The highest BCUT2D eigenvalue weighted by Crippen LogP contribution is 2.29. The zero-order valence-corrected chi connectivity index (χ0v) is 9.73. The molecule has 0 aliphatic heterocycles. The number of phenols is 1. The SMILES string of the molecule is CC(C#N)=Nc1ccc2cc(O)ccc2c1C. The van der Waals surface area contributed by atoms with Crippen molar-refractivity contribution in [2.24, 2.45) is 4.99 Å². The first-order valence-electron chi connectivity index (χ1n) is 5.29. The Hall–Kier alpha value is -2.34. The lowest BCUT2D eigenvalue weighted by Gasteiger charge is -2.06. The van der Waals surface area contributed by atoms with E-state index in [0.717, 1.165) is 22.0 Å². The summed E-state index contributed by atoms with van der Waals surface area (Å²) in [7, 11) is 0. The van der Waals surface area contributed by atoms with Crippen molar-refractivity contribution in [3.8, 4) is 11.8 Å². The third-order valence-electron chi connectivity index (χ3n) is 2.69. The molecule has 0 atom stereocenters.